The van der Waals surface area contributed by atoms with Crippen molar-refractivity contribution in [3.8, 4) is 0 Å². The highest BCUT2D eigenvalue weighted by Gasteiger charge is 2.06. The van der Waals surface area contributed by atoms with Gasteiger partial charge in [-0.1, -0.05) is 13.8 Å². The zero-order chi connectivity index (χ0) is 7.98. The summed E-state index contributed by atoms with van der Waals surface area (Å²) < 4.78 is 9.47. The van der Waals surface area contributed by atoms with Crippen LogP contribution in [0.25, 0.3) is 0 Å². The molecule has 0 atom stereocenters. The fourth-order valence-corrected chi connectivity index (χ4v) is 0.392. The largest absolute Gasteiger partial charge is 0.463 e. The summed E-state index contributed by atoms with van der Waals surface area (Å²) in [7, 11) is 1.57. The van der Waals surface area contributed by atoms with Crippen LogP contribution >= 0.6 is 0 Å². The van der Waals surface area contributed by atoms with Crippen LogP contribution < -0.4 is 0 Å². The van der Waals surface area contributed by atoms with Crippen molar-refractivity contribution < 1.29 is 14.3 Å². The Kier molecular flexibility index (Phi) is 4.94. The standard InChI is InChI=1S/C7H14O3/c1-6(2)7(8)10-5-4-9-3/h6H,4-5H2,1-3H3. The fourth-order valence-electron chi connectivity index (χ4n) is 0.392. The highest BCUT2D eigenvalue weighted by atomic mass is 16.6. The lowest BCUT2D eigenvalue weighted by Gasteiger charge is -2.05. The van der Waals surface area contributed by atoms with E-state index in [2.05, 4.69) is 0 Å². The monoisotopic (exact) mass is 146 g/mol. The lowest BCUT2D eigenvalue weighted by atomic mass is 10.2. The lowest BCUT2D eigenvalue weighted by Crippen LogP contribution is -2.14. The third-order valence-corrected chi connectivity index (χ3v) is 1.00. The number of methoxy groups -OCH3 is 1. The summed E-state index contributed by atoms with van der Waals surface area (Å²) in [4.78, 5) is 10.7. The molecule has 0 N–H and O–H groups in total. The number of esters is 1. The van der Waals surface area contributed by atoms with Gasteiger partial charge < -0.3 is 9.47 Å². The second-order valence-corrected chi connectivity index (χ2v) is 2.31. The molecule has 0 aromatic heterocycles. The summed E-state index contributed by atoms with van der Waals surface area (Å²) in [5, 5.41) is 0. The van der Waals surface area contributed by atoms with E-state index >= 15 is 0 Å². The van der Waals surface area contributed by atoms with Gasteiger partial charge >= 0.3 is 5.97 Å². The molecule has 3 nitrogen and oxygen atoms in total. The van der Waals surface area contributed by atoms with Gasteiger partial charge in [-0.15, -0.1) is 0 Å². The van der Waals surface area contributed by atoms with E-state index in [1.807, 2.05) is 0 Å². The zero-order valence-electron chi connectivity index (χ0n) is 6.72. The highest BCUT2D eigenvalue weighted by molar-refractivity contribution is 5.71. The lowest BCUT2D eigenvalue weighted by molar-refractivity contribution is -0.148. The van der Waals surface area contributed by atoms with E-state index in [0.717, 1.165) is 0 Å². The Labute approximate surface area is 61.3 Å². The zero-order valence-corrected chi connectivity index (χ0v) is 6.72. The molecular weight excluding hydrogens is 132 g/mol. The van der Waals surface area contributed by atoms with E-state index in [9.17, 15) is 4.79 Å². The summed E-state index contributed by atoms with van der Waals surface area (Å²) in [5.74, 6) is -0.214. The van der Waals surface area contributed by atoms with Gasteiger partial charge in [-0.05, 0) is 0 Å². The summed E-state index contributed by atoms with van der Waals surface area (Å²) in [6.45, 7) is 4.43. The van der Waals surface area contributed by atoms with E-state index in [-0.39, 0.29) is 11.9 Å². The molecule has 3 heteroatoms. The molecule has 0 unspecified atom stereocenters. The first-order valence-electron chi connectivity index (χ1n) is 3.34. The van der Waals surface area contributed by atoms with E-state index < -0.39 is 0 Å². The van der Waals surface area contributed by atoms with Gasteiger partial charge in [-0.25, -0.2) is 0 Å². The van der Waals surface area contributed by atoms with Gasteiger partial charge in [0.25, 0.3) is 0 Å². The fraction of sp³-hybridized carbons (Fsp3) is 0.857. The minimum Gasteiger partial charge on any atom is -0.463 e. The molecule has 0 radical (unpaired) electrons. The van der Waals surface area contributed by atoms with Crippen LogP contribution in [0.15, 0.2) is 0 Å². The first-order chi connectivity index (χ1) is 4.68. The highest BCUT2D eigenvalue weighted by Crippen LogP contribution is 1.94. The van der Waals surface area contributed by atoms with Crippen molar-refractivity contribution in [2.24, 2.45) is 5.92 Å². The molecule has 0 saturated heterocycles. The van der Waals surface area contributed by atoms with Crippen molar-refractivity contribution >= 4 is 5.97 Å². The molecular formula is C7H14O3. The van der Waals surface area contributed by atoms with Crippen LogP contribution in [0.1, 0.15) is 13.8 Å². The summed E-state index contributed by atoms with van der Waals surface area (Å²) in [5.41, 5.74) is 0. The Bertz CT molecular complexity index is 99.0. The molecule has 0 fully saturated rings. The predicted molar refractivity (Wildman–Crippen MR) is 37.7 cm³/mol. The number of carbonyl (C=O) groups is 1. The van der Waals surface area contributed by atoms with Crippen LogP contribution in [-0.4, -0.2) is 26.3 Å². The van der Waals surface area contributed by atoms with Gasteiger partial charge in [0.2, 0.25) is 0 Å². The van der Waals surface area contributed by atoms with E-state index in [0.29, 0.717) is 13.2 Å². The Balaban J connectivity index is 3.22. The molecule has 10 heavy (non-hydrogen) atoms. The topological polar surface area (TPSA) is 35.5 Å². The van der Waals surface area contributed by atoms with E-state index in [1.54, 1.807) is 21.0 Å². The molecule has 0 spiro atoms. The van der Waals surface area contributed by atoms with Crippen LogP contribution in [0.5, 0.6) is 0 Å². The Morgan fingerprint density at radius 1 is 1.40 bits per heavy atom. The normalized spacial score (nSPS) is 10.0. The molecule has 0 aliphatic carbocycles. The number of carbonyl (C=O) groups excluding carboxylic acids is 1. The molecule has 0 amide bonds. The second-order valence-electron chi connectivity index (χ2n) is 2.31. The van der Waals surface area contributed by atoms with Gasteiger partial charge in [-0.2, -0.15) is 0 Å². The van der Waals surface area contributed by atoms with Gasteiger partial charge in [0.15, 0.2) is 0 Å². The Morgan fingerprint density at radius 3 is 2.40 bits per heavy atom. The molecule has 0 aliphatic rings. The molecule has 0 saturated carbocycles. The van der Waals surface area contributed by atoms with Crippen molar-refractivity contribution in [1.82, 2.24) is 0 Å². The third kappa shape index (κ3) is 4.32. The first-order valence-corrected chi connectivity index (χ1v) is 3.34. The summed E-state index contributed by atoms with van der Waals surface area (Å²) in [6.07, 6.45) is 0. The van der Waals surface area contributed by atoms with Gasteiger partial charge in [0.1, 0.15) is 6.61 Å². The van der Waals surface area contributed by atoms with Crippen molar-refractivity contribution in [2.45, 2.75) is 13.8 Å². The number of hydrogen-bond donors (Lipinski definition) is 0. The van der Waals surface area contributed by atoms with Gasteiger partial charge in [0, 0.05) is 7.11 Å². The maximum Gasteiger partial charge on any atom is 0.308 e. The second kappa shape index (κ2) is 5.23. The summed E-state index contributed by atoms with van der Waals surface area (Å²) in [6, 6.07) is 0. The summed E-state index contributed by atoms with van der Waals surface area (Å²) >= 11 is 0. The predicted octanol–water partition coefficient (Wildman–Crippen LogP) is 0.832. The number of ether oxygens (including phenoxy) is 2. The van der Waals surface area contributed by atoms with Crippen LogP contribution in [0.2, 0.25) is 0 Å². The number of hydrogen-bond acceptors (Lipinski definition) is 3. The van der Waals surface area contributed by atoms with Crippen LogP contribution in [0.4, 0.5) is 0 Å². The molecule has 0 bridgehead atoms. The molecule has 0 aliphatic heterocycles. The minimum absolute atomic E-state index is 0.0446. The van der Waals surface area contributed by atoms with Crippen molar-refractivity contribution in [3.63, 3.8) is 0 Å². The Hall–Kier alpha value is -0.570. The van der Waals surface area contributed by atoms with Crippen molar-refractivity contribution in [3.05, 3.63) is 0 Å². The Morgan fingerprint density at radius 2 is 2.00 bits per heavy atom. The third-order valence-electron chi connectivity index (χ3n) is 1.00. The van der Waals surface area contributed by atoms with Gasteiger partial charge in [-0.3, -0.25) is 4.79 Å². The van der Waals surface area contributed by atoms with E-state index in [4.69, 9.17) is 9.47 Å². The number of rotatable bonds is 4. The molecule has 0 aromatic carbocycles. The van der Waals surface area contributed by atoms with E-state index in [1.165, 1.54) is 0 Å². The average molecular weight is 146 g/mol. The maximum atomic E-state index is 10.7. The smallest absolute Gasteiger partial charge is 0.308 e. The first kappa shape index (κ1) is 9.43. The minimum atomic E-state index is -0.169. The average Bonchev–Trinajstić information content (AvgIpc) is 1.88. The SMILES string of the molecule is COCCOC(=O)C(C)C. The van der Waals surface area contributed by atoms with Crippen molar-refractivity contribution in [1.29, 1.82) is 0 Å². The molecule has 0 aromatic rings. The van der Waals surface area contributed by atoms with Crippen LogP contribution in [-0.2, 0) is 14.3 Å². The van der Waals surface area contributed by atoms with Gasteiger partial charge in [0.05, 0.1) is 12.5 Å². The van der Waals surface area contributed by atoms with Crippen LogP contribution in [0, 0.1) is 5.92 Å². The quantitative estimate of drug-likeness (QED) is 0.435. The molecule has 60 valence electrons. The maximum absolute atomic E-state index is 10.7. The van der Waals surface area contributed by atoms with Crippen LogP contribution in [0.3, 0.4) is 0 Å². The molecule has 0 heterocycles. The van der Waals surface area contributed by atoms with Crippen molar-refractivity contribution in [2.75, 3.05) is 20.3 Å². The molecule has 0 rings (SSSR count).